The molecule has 0 bridgehead atoms. The molecular weight excluding hydrogens is 184 g/mol. The molecule has 0 radical (unpaired) electrons. The maximum absolute atomic E-state index is 10.3. The molecule has 0 saturated heterocycles. The molecule has 0 N–H and O–H groups in total. The van der Waals surface area contributed by atoms with Gasteiger partial charge in [0.25, 0.3) is 0 Å². The van der Waals surface area contributed by atoms with Crippen molar-refractivity contribution in [1.29, 1.82) is 0 Å². The maximum atomic E-state index is 10.3. The molecule has 1 atom stereocenters. The van der Waals surface area contributed by atoms with Crippen molar-refractivity contribution < 1.29 is 9.21 Å². The van der Waals surface area contributed by atoms with Crippen molar-refractivity contribution in [3.63, 3.8) is 0 Å². The number of aryl methyl sites for hydroxylation is 2. The molecule has 1 rings (SSSR count). The van der Waals surface area contributed by atoms with E-state index >= 15 is 0 Å². The van der Waals surface area contributed by atoms with Crippen LogP contribution in [0.3, 0.4) is 0 Å². The molecule has 0 aliphatic rings. The minimum atomic E-state index is 0.327. The zero-order valence-corrected chi connectivity index (χ0v) is 8.98. The Balaban J connectivity index is 2.62. The van der Waals surface area contributed by atoms with Crippen molar-refractivity contribution in [1.82, 2.24) is 0 Å². The van der Waals surface area contributed by atoms with Gasteiger partial charge in [0.1, 0.15) is 17.8 Å². The van der Waals surface area contributed by atoms with Crippen LogP contribution in [0.2, 0.25) is 0 Å². The smallest absolute Gasteiger partial charge is 0.121 e. The zero-order chi connectivity index (χ0) is 9.84. The number of carbonyl (C=O) groups is 1. The molecule has 0 spiro atoms. The number of aldehydes is 1. The second-order valence-corrected chi connectivity index (χ2v) is 4.59. The molecule has 1 aromatic heterocycles. The summed E-state index contributed by atoms with van der Waals surface area (Å²) in [5, 5.41) is 0.327. The first-order chi connectivity index (χ1) is 6.13. The Morgan fingerprint density at radius 3 is 2.77 bits per heavy atom. The summed E-state index contributed by atoms with van der Waals surface area (Å²) in [5.41, 5.74) is 0. The number of hydrogen-bond acceptors (Lipinski definition) is 3. The summed E-state index contributed by atoms with van der Waals surface area (Å²) < 4.78 is 5.38. The van der Waals surface area contributed by atoms with Gasteiger partial charge < -0.3 is 9.21 Å². The van der Waals surface area contributed by atoms with Crippen LogP contribution in [0.15, 0.2) is 15.4 Å². The quantitative estimate of drug-likeness (QED) is 0.550. The lowest BCUT2D eigenvalue weighted by atomic mass is 10.4. The van der Waals surface area contributed by atoms with Crippen LogP contribution in [-0.4, -0.2) is 11.5 Å². The largest absolute Gasteiger partial charge is 0.465 e. The molecule has 0 saturated carbocycles. The molecule has 1 aromatic rings. The van der Waals surface area contributed by atoms with E-state index in [9.17, 15) is 4.79 Å². The lowest BCUT2D eigenvalue weighted by molar-refractivity contribution is -0.107. The van der Waals surface area contributed by atoms with Crippen LogP contribution in [0.5, 0.6) is 0 Å². The predicted molar refractivity (Wildman–Crippen MR) is 54.2 cm³/mol. The Morgan fingerprint density at radius 2 is 2.31 bits per heavy atom. The van der Waals surface area contributed by atoms with E-state index in [-0.39, 0.29) is 0 Å². The predicted octanol–water partition coefficient (Wildman–Crippen LogP) is 2.97. The molecule has 3 heteroatoms. The van der Waals surface area contributed by atoms with E-state index in [1.54, 1.807) is 11.8 Å². The van der Waals surface area contributed by atoms with Crippen molar-refractivity contribution in [2.75, 3.05) is 0 Å². The van der Waals surface area contributed by atoms with Gasteiger partial charge in [0.05, 0.1) is 0 Å². The topological polar surface area (TPSA) is 30.2 Å². The molecule has 0 fully saturated rings. The molecule has 13 heavy (non-hydrogen) atoms. The van der Waals surface area contributed by atoms with Crippen LogP contribution in [0, 0.1) is 13.8 Å². The van der Waals surface area contributed by atoms with E-state index in [0.717, 1.165) is 22.7 Å². The minimum absolute atomic E-state index is 0.327. The van der Waals surface area contributed by atoms with Gasteiger partial charge in [-0.3, -0.25) is 0 Å². The van der Waals surface area contributed by atoms with Crippen molar-refractivity contribution in [3.05, 3.63) is 17.6 Å². The second kappa shape index (κ2) is 4.51. The van der Waals surface area contributed by atoms with Crippen LogP contribution in [0.1, 0.15) is 24.9 Å². The van der Waals surface area contributed by atoms with Gasteiger partial charge in [0, 0.05) is 16.6 Å². The number of hydrogen-bond donors (Lipinski definition) is 0. The third kappa shape index (κ3) is 2.92. The summed E-state index contributed by atoms with van der Waals surface area (Å²) in [6, 6.07) is 2.02. The fraction of sp³-hybridized carbons (Fsp3) is 0.500. The summed E-state index contributed by atoms with van der Waals surface area (Å²) in [5.74, 6) is 1.87. The third-order valence-electron chi connectivity index (χ3n) is 1.75. The van der Waals surface area contributed by atoms with Crippen molar-refractivity contribution in [2.45, 2.75) is 37.3 Å². The van der Waals surface area contributed by atoms with Crippen LogP contribution < -0.4 is 0 Å². The van der Waals surface area contributed by atoms with Gasteiger partial charge in [-0.25, -0.2) is 0 Å². The Morgan fingerprint density at radius 1 is 1.62 bits per heavy atom. The molecule has 0 aliphatic carbocycles. The van der Waals surface area contributed by atoms with Gasteiger partial charge in [-0.1, -0.05) is 6.92 Å². The van der Waals surface area contributed by atoms with Gasteiger partial charge in [-0.2, -0.15) is 0 Å². The fourth-order valence-electron chi connectivity index (χ4n) is 1.12. The molecule has 72 valence electrons. The SMILES string of the molecule is Cc1cc(SC(C)CC=O)c(C)o1. The fourth-order valence-corrected chi connectivity index (χ4v) is 2.17. The standard InChI is InChI=1S/C10H14O2S/c1-7-6-10(9(3)12-7)13-8(2)4-5-11/h5-6,8H,4H2,1-3H3. The Bertz CT molecular complexity index is 291. The molecule has 0 aromatic carbocycles. The van der Waals surface area contributed by atoms with Gasteiger partial charge in [-0.15, -0.1) is 11.8 Å². The molecule has 0 aliphatic heterocycles. The highest BCUT2D eigenvalue weighted by atomic mass is 32.2. The highest BCUT2D eigenvalue weighted by Gasteiger charge is 2.09. The first-order valence-corrected chi connectivity index (χ1v) is 5.18. The number of rotatable bonds is 4. The van der Waals surface area contributed by atoms with Crippen LogP contribution in [0.25, 0.3) is 0 Å². The molecule has 1 unspecified atom stereocenters. The van der Waals surface area contributed by atoms with E-state index in [1.807, 2.05) is 26.8 Å². The normalized spacial score (nSPS) is 12.8. The first kappa shape index (κ1) is 10.4. The summed E-state index contributed by atoms with van der Waals surface area (Å²) in [6.07, 6.45) is 1.55. The number of furan rings is 1. The average Bonchev–Trinajstić information content (AvgIpc) is 2.30. The van der Waals surface area contributed by atoms with Crippen molar-refractivity contribution in [3.8, 4) is 0 Å². The van der Waals surface area contributed by atoms with Crippen molar-refractivity contribution in [2.24, 2.45) is 0 Å². The molecule has 2 nitrogen and oxygen atoms in total. The van der Waals surface area contributed by atoms with E-state index in [0.29, 0.717) is 11.7 Å². The number of carbonyl (C=O) groups excluding carboxylic acids is 1. The van der Waals surface area contributed by atoms with Gasteiger partial charge >= 0.3 is 0 Å². The summed E-state index contributed by atoms with van der Waals surface area (Å²) in [4.78, 5) is 11.4. The van der Waals surface area contributed by atoms with Gasteiger partial charge in [0.2, 0.25) is 0 Å². The van der Waals surface area contributed by atoms with Crippen molar-refractivity contribution >= 4 is 18.0 Å². The Labute approximate surface area is 82.7 Å². The summed E-state index contributed by atoms with van der Waals surface area (Å²) in [7, 11) is 0. The van der Waals surface area contributed by atoms with Gasteiger partial charge in [0.15, 0.2) is 0 Å². The lowest BCUT2D eigenvalue weighted by Crippen LogP contribution is -1.95. The summed E-state index contributed by atoms with van der Waals surface area (Å²) in [6.45, 7) is 5.92. The van der Waals surface area contributed by atoms with E-state index in [2.05, 4.69) is 0 Å². The van der Waals surface area contributed by atoms with E-state index < -0.39 is 0 Å². The lowest BCUT2D eigenvalue weighted by Gasteiger charge is -2.04. The Hall–Kier alpha value is -0.700. The third-order valence-corrected chi connectivity index (χ3v) is 3.01. The average molecular weight is 198 g/mol. The van der Waals surface area contributed by atoms with Gasteiger partial charge in [-0.05, 0) is 19.9 Å². The zero-order valence-electron chi connectivity index (χ0n) is 8.16. The molecule has 1 heterocycles. The van der Waals surface area contributed by atoms with E-state index in [1.165, 1.54) is 0 Å². The molecule has 0 amide bonds. The van der Waals surface area contributed by atoms with Crippen LogP contribution >= 0.6 is 11.8 Å². The maximum Gasteiger partial charge on any atom is 0.121 e. The summed E-state index contributed by atoms with van der Waals surface area (Å²) >= 11 is 1.69. The Kier molecular flexibility index (Phi) is 3.60. The highest BCUT2D eigenvalue weighted by Crippen LogP contribution is 2.29. The monoisotopic (exact) mass is 198 g/mol. The number of thioether (sulfide) groups is 1. The first-order valence-electron chi connectivity index (χ1n) is 4.30. The second-order valence-electron chi connectivity index (χ2n) is 3.11. The van der Waals surface area contributed by atoms with Crippen LogP contribution in [0.4, 0.5) is 0 Å². The van der Waals surface area contributed by atoms with E-state index in [4.69, 9.17) is 4.42 Å². The van der Waals surface area contributed by atoms with Crippen LogP contribution in [-0.2, 0) is 4.79 Å². The minimum Gasteiger partial charge on any atom is -0.465 e. The molecular formula is C10H14O2S. The highest BCUT2D eigenvalue weighted by molar-refractivity contribution is 8.00.